The van der Waals surface area contributed by atoms with Crippen molar-refractivity contribution in [3.63, 3.8) is 0 Å². The van der Waals surface area contributed by atoms with Crippen LogP contribution >= 0.6 is 27.3 Å². The molecule has 4 nitrogen and oxygen atoms in total. The van der Waals surface area contributed by atoms with Gasteiger partial charge in [-0.15, -0.1) is 11.3 Å². The van der Waals surface area contributed by atoms with E-state index < -0.39 is 0 Å². The molecule has 3 aromatic carbocycles. The Balaban J connectivity index is 1.55. The number of fused-ring (bicyclic) bond motifs is 1. The summed E-state index contributed by atoms with van der Waals surface area (Å²) >= 11 is 5.12. The molecule has 0 aliphatic heterocycles. The second kappa shape index (κ2) is 8.35. The van der Waals surface area contributed by atoms with E-state index in [1.165, 1.54) is 0 Å². The third-order valence-corrected chi connectivity index (χ3v) is 6.26. The molecule has 0 unspecified atom stereocenters. The number of nitrogens with zero attached hydrogens (tertiary/aromatic N) is 1. The van der Waals surface area contributed by atoms with E-state index in [1.54, 1.807) is 11.3 Å². The van der Waals surface area contributed by atoms with Crippen LogP contribution in [0.4, 0.5) is 5.69 Å². The minimum absolute atomic E-state index is 0.0559. The standard InChI is InChI=1S/C23H19BrN2O2S/c1-14-6-5-8-20(15(14)2)28-13-22(27)25-18-11-10-16(24)12-17(18)23-26-19-7-3-4-9-21(19)29-23/h3-12H,13H2,1-2H3,(H,25,27). The van der Waals surface area contributed by atoms with Crippen LogP contribution in [0.15, 0.2) is 65.1 Å². The molecule has 29 heavy (non-hydrogen) atoms. The van der Waals surface area contributed by atoms with Crippen LogP contribution in [0, 0.1) is 13.8 Å². The van der Waals surface area contributed by atoms with Crippen LogP contribution in [0.3, 0.4) is 0 Å². The number of carbonyl (C=O) groups excluding carboxylic acids is 1. The maximum absolute atomic E-state index is 12.6. The van der Waals surface area contributed by atoms with Gasteiger partial charge in [0, 0.05) is 10.0 Å². The molecule has 0 spiro atoms. The Labute approximate surface area is 181 Å². The van der Waals surface area contributed by atoms with E-state index >= 15 is 0 Å². The molecule has 146 valence electrons. The quantitative estimate of drug-likeness (QED) is 0.372. The highest BCUT2D eigenvalue weighted by molar-refractivity contribution is 9.10. The number of benzene rings is 3. The van der Waals surface area contributed by atoms with Gasteiger partial charge in [-0.1, -0.05) is 40.2 Å². The number of aryl methyl sites for hydroxylation is 1. The number of rotatable bonds is 5. The summed E-state index contributed by atoms with van der Waals surface area (Å²) in [5.41, 5.74) is 4.71. The van der Waals surface area contributed by atoms with Crippen molar-refractivity contribution < 1.29 is 9.53 Å². The molecular formula is C23H19BrN2O2S. The summed E-state index contributed by atoms with van der Waals surface area (Å²) in [7, 11) is 0. The average molecular weight is 467 g/mol. The van der Waals surface area contributed by atoms with Crippen LogP contribution in [0.25, 0.3) is 20.8 Å². The average Bonchev–Trinajstić information content (AvgIpc) is 3.14. The van der Waals surface area contributed by atoms with Crippen LogP contribution in [-0.2, 0) is 4.79 Å². The largest absolute Gasteiger partial charge is 0.483 e. The summed E-state index contributed by atoms with van der Waals surface area (Å²) < 4.78 is 7.77. The maximum Gasteiger partial charge on any atom is 0.262 e. The van der Waals surface area contributed by atoms with Crippen molar-refractivity contribution in [2.75, 3.05) is 11.9 Å². The monoisotopic (exact) mass is 466 g/mol. The molecular weight excluding hydrogens is 448 g/mol. The molecule has 1 N–H and O–H groups in total. The van der Waals surface area contributed by atoms with Crippen molar-refractivity contribution in [2.45, 2.75) is 13.8 Å². The lowest BCUT2D eigenvalue weighted by atomic mass is 10.1. The fraction of sp³-hybridized carbons (Fsp3) is 0.130. The highest BCUT2D eigenvalue weighted by Crippen LogP contribution is 2.36. The first-order valence-corrected chi connectivity index (χ1v) is 10.8. The summed E-state index contributed by atoms with van der Waals surface area (Å²) in [5, 5.41) is 3.83. The molecule has 4 aromatic rings. The zero-order valence-corrected chi connectivity index (χ0v) is 18.4. The van der Waals surface area contributed by atoms with Crippen molar-refractivity contribution in [1.29, 1.82) is 0 Å². The van der Waals surface area contributed by atoms with E-state index in [0.717, 1.165) is 42.1 Å². The van der Waals surface area contributed by atoms with Crippen LogP contribution < -0.4 is 10.1 Å². The van der Waals surface area contributed by atoms with Gasteiger partial charge in [-0.2, -0.15) is 0 Å². The second-order valence-corrected chi connectivity index (χ2v) is 8.66. The van der Waals surface area contributed by atoms with E-state index in [2.05, 4.69) is 21.2 Å². The van der Waals surface area contributed by atoms with Crippen LogP contribution in [0.2, 0.25) is 0 Å². The zero-order chi connectivity index (χ0) is 20.4. The number of hydrogen-bond acceptors (Lipinski definition) is 4. The summed E-state index contributed by atoms with van der Waals surface area (Å²) in [4.78, 5) is 17.3. The molecule has 0 radical (unpaired) electrons. The molecule has 4 rings (SSSR count). The molecule has 1 amide bonds. The molecule has 0 saturated carbocycles. The Bertz CT molecular complexity index is 1170. The predicted octanol–water partition coefficient (Wildman–Crippen LogP) is 6.36. The van der Waals surface area contributed by atoms with E-state index in [0.29, 0.717) is 5.69 Å². The van der Waals surface area contributed by atoms with Gasteiger partial charge in [-0.25, -0.2) is 4.98 Å². The first-order chi connectivity index (χ1) is 14.0. The van der Waals surface area contributed by atoms with Crippen LogP contribution in [0.1, 0.15) is 11.1 Å². The first-order valence-electron chi connectivity index (χ1n) is 9.15. The van der Waals surface area contributed by atoms with Crippen molar-refractivity contribution in [3.05, 3.63) is 76.3 Å². The molecule has 0 saturated heterocycles. The summed E-state index contributed by atoms with van der Waals surface area (Å²) in [6.45, 7) is 3.95. The van der Waals surface area contributed by atoms with Crippen molar-refractivity contribution in [2.24, 2.45) is 0 Å². The van der Waals surface area contributed by atoms with Crippen molar-refractivity contribution >= 4 is 49.1 Å². The molecule has 0 fully saturated rings. The first kappa shape index (κ1) is 19.6. The molecule has 6 heteroatoms. The number of nitrogens with one attached hydrogen (secondary N) is 1. The Morgan fingerprint density at radius 2 is 1.93 bits per heavy atom. The third kappa shape index (κ3) is 4.33. The lowest BCUT2D eigenvalue weighted by Gasteiger charge is -2.13. The molecule has 0 atom stereocenters. The van der Waals surface area contributed by atoms with Gasteiger partial charge in [0.25, 0.3) is 5.91 Å². The molecule has 1 aromatic heterocycles. The SMILES string of the molecule is Cc1cccc(OCC(=O)Nc2ccc(Br)cc2-c2nc3ccccc3s2)c1C. The molecule has 0 aliphatic carbocycles. The van der Waals surface area contributed by atoms with Crippen molar-refractivity contribution in [1.82, 2.24) is 4.98 Å². The highest BCUT2D eigenvalue weighted by atomic mass is 79.9. The Hall–Kier alpha value is -2.70. The smallest absolute Gasteiger partial charge is 0.262 e. The highest BCUT2D eigenvalue weighted by Gasteiger charge is 2.14. The zero-order valence-electron chi connectivity index (χ0n) is 16.0. The minimum Gasteiger partial charge on any atom is -0.483 e. The topological polar surface area (TPSA) is 51.2 Å². The minimum atomic E-state index is -0.212. The fourth-order valence-corrected chi connectivity index (χ4v) is 4.36. The van der Waals surface area contributed by atoms with E-state index in [1.807, 2.05) is 74.5 Å². The lowest BCUT2D eigenvalue weighted by molar-refractivity contribution is -0.118. The number of amides is 1. The summed E-state index contributed by atoms with van der Waals surface area (Å²) in [5.74, 6) is 0.512. The van der Waals surface area contributed by atoms with Crippen LogP contribution in [0.5, 0.6) is 5.75 Å². The number of hydrogen-bond donors (Lipinski definition) is 1. The van der Waals surface area contributed by atoms with Gasteiger partial charge >= 0.3 is 0 Å². The maximum atomic E-state index is 12.6. The number of ether oxygens (including phenoxy) is 1. The van der Waals surface area contributed by atoms with Gasteiger partial charge in [0.05, 0.1) is 15.9 Å². The predicted molar refractivity (Wildman–Crippen MR) is 123 cm³/mol. The van der Waals surface area contributed by atoms with Crippen molar-refractivity contribution in [3.8, 4) is 16.3 Å². The normalized spacial score (nSPS) is 10.9. The summed E-state index contributed by atoms with van der Waals surface area (Å²) in [6.07, 6.45) is 0. The Morgan fingerprint density at radius 1 is 1.10 bits per heavy atom. The Morgan fingerprint density at radius 3 is 2.76 bits per heavy atom. The van der Waals surface area contributed by atoms with Gasteiger partial charge in [-0.3, -0.25) is 4.79 Å². The molecule has 0 aliphatic rings. The lowest BCUT2D eigenvalue weighted by Crippen LogP contribution is -2.20. The van der Waals surface area contributed by atoms with Gasteiger partial charge in [-0.05, 0) is 61.4 Å². The summed E-state index contributed by atoms with van der Waals surface area (Å²) in [6, 6.07) is 19.6. The van der Waals surface area contributed by atoms with E-state index in [4.69, 9.17) is 9.72 Å². The Kier molecular flexibility index (Phi) is 5.65. The van der Waals surface area contributed by atoms with E-state index in [9.17, 15) is 4.79 Å². The molecule has 0 bridgehead atoms. The number of halogens is 1. The van der Waals surface area contributed by atoms with Gasteiger partial charge in [0.15, 0.2) is 6.61 Å². The third-order valence-electron chi connectivity index (χ3n) is 4.69. The second-order valence-electron chi connectivity index (χ2n) is 6.71. The number of thiazole rings is 1. The van der Waals surface area contributed by atoms with Gasteiger partial charge in [0.2, 0.25) is 0 Å². The number of anilines is 1. The molecule has 1 heterocycles. The number of para-hydroxylation sites is 1. The van der Waals surface area contributed by atoms with Crippen LogP contribution in [-0.4, -0.2) is 17.5 Å². The number of carbonyl (C=O) groups is 1. The van der Waals surface area contributed by atoms with Gasteiger partial charge < -0.3 is 10.1 Å². The van der Waals surface area contributed by atoms with Gasteiger partial charge in [0.1, 0.15) is 10.8 Å². The van der Waals surface area contributed by atoms with E-state index in [-0.39, 0.29) is 12.5 Å². The number of aromatic nitrogens is 1. The fourth-order valence-electron chi connectivity index (χ4n) is 3.00.